The molecule has 0 aliphatic heterocycles. The zero-order valence-electron chi connectivity index (χ0n) is 12.8. The van der Waals surface area contributed by atoms with Crippen LogP contribution in [-0.4, -0.2) is 50.0 Å². The van der Waals surface area contributed by atoms with Crippen molar-refractivity contribution in [3.05, 3.63) is 35.9 Å². The van der Waals surface area contributed by atoms with Gasteiger partial charge in [-0.25, -0.2) is 4.98 Å². The van der Waals surface area contributed by atoms with Crippen molar-refractivity contribution < 1.29 is 4.79 Å². The fourth-order valence-corrected chi connectivity index (χ4v) is 2.18. The summed E-state index contributed by atoms with van der Waals surface area (Å²) in [4.78, 5) is 19.0. The molecule has 0 bridgehead atoms. The Morgan fingerprint density at radius 3 is 2.76 bits per heavy atom. The smallest absolute Gasteiger partial charge is 0.252 e. The SMILES string of the molecule is CNc1cc(C(=O)NCCCN(C)C)c2ccccc2n1. The third-order valence-corrected chi connectivity index (χ3v) is 3.28. The molecule has 0 atom stereocenters. The summed E-state index contributed by atoms with van der Waals surface area (Å²) >= 11 is 0. The summed E-state index contributed by atoms with van der Waals surface area (Å²) < 4.78 is 0. The van der Waals surface area contributed by atoms with Gasteiger partial charge in [0.15, 0.2) is 0 Å². The number of rotatable bonds is 6. The van der Waals surface area contributed by atoms with Crippen LogP contribution in [0.4, 0.5) is 5.82 Å². The van der Waals surface area contributed by atoms with Gasteiger partial charge in [-0.2, -0.15) is 0 Å². The highest BCUT2D eigenvalue weighted by atomic mass is 16.1. The van der Waals surface area contributed by atoms with Gasteiger partial charge in [0.1, 0.15) is 5.82 Å². The number of para-hydroxylation sites is 1. The second kappa shape index (κ2) is 7.04. The molecule has 0 radical (unpaired) electrons. The van der Waals surface area contributed by atoms with Crippen molar-refractivity contribution in [2.75, 3.05) is 39.5 Å². The Labute approximate surface area is 125 Å². The minimum atomic E-state index is -0.0520. The van der Waals surface area contributed by atoms with Crippen LogP contribution in [0.1, 0.15) is 16.8 Å². The Kier molecular flexibility index (Phi) is 5.11. The average molecular weight is 286 g/mol. The van der Waals surface area contributed by atoms with Crippen molar-refractivity contribution in [2.24, 2.45) is 0 Å². The maximum absolute atomic E-state index is 12.4. The molecule has 2 aromatic rings. The molecule has 0 spiro atoms. The highest BCUT2D eigenvalue weighted by Gasteiger charge is 2.12. The van der Waals surface area contributed by atoms with E-state index in [1.807, 2.05) is 38.4 Å². The average Bonchev–Trinajstić information content (AvgIpc) is 2.50. The molecule has 0 aliphatic carbocycles. The summed E-state index contributed by atoms with van der Waals surface area (Å²) in [5, 5.41) is 6.85. The number of aromatic nitrogens is 1. The van der Waals surface area contributed by atoms with Crippen LogP contribution < -0.4 is 10.6 Å². The maximum atomic E-state index is 12.4. The molecule has 1 heterocycles. The van der Waals surface area contributed by atoms with Gasteiger partial charge in [-0.05, 0) is 39.2 Å². The number of hydrogen-bond acceptors (Lipinski definition) is 4. The normalized spacial score (nSPS) is 10.9. The lowest BCUT2D eigenvalue weighted by molar-refractivity contribution is 0.0954. The van der Waals surface area contributed by atoms with Crippen LogP contribution in [0.25, 0.3) is 10.9 Å². The first kappa shape index (κ1) is 15.3. The van der Waals surface area contributed by atoms with Crippen LogP contribution >= 0.6 is 0 Å². The summed E-state index contributed by atoms with van der Waals surface area (Å²) in [6.45, 7) is 1.63. The number of carbonyl (C=O) groups excluding carboxylic acids is 1. The van der Waals surface area contributed by atoms with E-state index in [1.165, 1.54) is 0 Å². The molecule has 21 heavy (non-hydrogen) atoms. The summed E-state index contributed by atoms with van der Waals surface area (Å²) in [6, 6.07) is 9.48. The van der Waals surface area contributed by atoms with E-state index in [-0.39, 0.29) is 5.91 Å². The fraction of sp³-hybridized carbons (Fsp3) is 0.375. The molecule has 0 aliphatic rings. The van der Waals surface area contributed by atoms with Crippen LogP contribution in [0, 0.1) is 0 Å². The number of nitrogens with one attached hydrogen (secondary N) is 2. The van der Waals surface area contributed by atoms with E-state index < -0.39 is 0 Å². The number of hydrogen-bond donors (Lipinski definition) is 2. The zero-order valence-corrected chi connectivity index (χ0v) is 12.8. The number of nitrogens with zero attached hydrogens (tertiary/aromatic N) is 2. The zero-order chi connectivity index (χ0) is 15.2. The second-order valence-electron chi connectivity index (χ2n) is 5.23. The number of benzene rings is 1. The van der Waals surface area contributed by atoms with Crippen LogP contribution in [0.3, 0.4) is 0 Å². The van der Waals surface area contributed by atoms with E-state index >= 15 is 0 Å². The number of anilines is 1. The van der Waals surface area contributed by atoms with Gasteiger partial charge in [0.05, 0.1) is 11.1 Å². The summed E-state index contributed by atoms with van der Waals surface area (Å²) in [5.41, 5.74) is 1.48. The molecule has 0 unspecified atom stereocenters. The molecule has 0 saturated heterocycles. The van der Waals surface area contributed by atoms with E-state index in [9.17, 15) is 4.79 Å². The number of amides is 1. The standard InChI is InChI=1S/C16H22N4O/c1-17-15-11-13(12-7-4-5-8-14(12)19-15)16(21)18-9-6-10-20(2)3/h4-5,7-8,11H,6,9-10H2,1-3H3,(H,17,19)(H,18,21). The van der Waals surface area contributed by atoms with Gasteiger partial charge < -0.3 is 15.5 Å². The third-order valence-electron chi connectivity index (χ3n) is 3.28. The minimum absolute atomic E-state index is 0.0520. The lowest BCUT2D eigenvalue weighted by atomic mass is 10.1. The first-order valence-electron chi connectivity index (χ1n) is 7.12. The van der Waals surface area contributed by atoms with Crippen molar-refractivity contribution in [2.45, 2.75) is 6.42 Å². The molecule has 2 N–H and O–H groups in total. The molecular formula is C16H22N4O. The summed E-state index contributed by atoms with van der Waals surface area (Å²) in [7, 11) is 5.85. The van der Waals surface area contributed by atoms with E-state index in [0.717, 1.165) is 23.9 Å². The van der Waals surface area contributed by atoms with Crippen molar-refractivity contribution in [3.8, 4) is 0 Å². The topological polar surface area (TPSA) is 57.3 Å². The summed E-state index contributed by atoms with van der Waals surface area (Å²) in [5.74, 6) is 0.649. The number of carbonyl (C=O) groups is 1. The second-order valence-corrected chi connectivity index (χ2v) is 5.23. The molecule has 0 saturated carbocycles. The first-order chi connectivity index (χ1) is 10.1. The largest absolute Gasteiger partial charge is 0.373 e. The number of pyridine rings is 1. The van der Waals surface area contributed by atoms with Gasteiger partial charge in [0.25, 0.3) is 5.91 Å². The summed E-state index contributed by atoms with van der Waals surface area (Å²) in [6.07, 6.45) is 0.931. The van der Waals surface area contributed by atoms with Crippen LogP contribution in [0.15, 0.2) is 30.3 Å². The lowest BCUT2D eigenvalue weighted by Crippen LogP contribution is -2.27. The molecule has 2 rings (SSSR count). The van der Waals surface area contributed by atoms with Gasteiger partial charge in [0.2, 0.25) is 0 Å². The monoisotopic (exact) mass is 286 g/mol. The van der Waals surface area contributed by atoms with Crippen LogP contribution in [0.5, 0.6) is 0 Å². The Hall–Kier alpha value is -2.14. The van der Waals surface area contributed by atoms with Crippen molar-refractivity contribution in [3.63, 3.8) is 0 Å². The van der Waals surface area contributed by atoms with E-state index in [0.29, 0.717) is 17.9 Å². The van der Waals surface area contributed by atoms with E-state index in [2.05, 4.69) is 20.5 Å². The highest BCUT2D eigenvalue weighted by Crippen LogP contribution is 2.20. The van der Waals surface area contributed by atoms with E-state index in [4.69, 9.17) is 0 Å². The molecular weight excluding hydrogens is 264 g/mol. The first-order valence-corrected chi connectivity index (χ1v) is 7.12. The van der Waals surface area contributed by atoms with Gasteiger partial charge in [-0.15, -0.1) is 0 Å². The van der Waals surface area contributed by atoms with E-state index in [1.54, 1.807) is 13.1 Å². The molecule has 1 amide bonds. The lowest BCUT2D eigenvalue weighted by Gasteiger charge is -2.12. The third kappa shape index (κ3) is 3.92. The molecule has 1 aromatic heterocycles. The van der Waals surface area contributed by atoms with Crippen molar-refractivity contribution in [1.29, 1.82) is 0 Å². The Morgan fingerprint density at radius 1 is 1.29 bits per heavy atom. The minimum Gasteiger partial charge on any atom is -0.373 e. The predicted molar refractivity (Wildman–Crippen MR) is 86.8 cm³/mol. The van der Waals surface area contributed by atoms with Crippen LogP contribution in [-0.2, 0) is 0 Å². The Balaban J connectivity index is 2.17. The quantitative estimate of drug-likeness (QED) is 0.797. The Morgan fingerprint density at radius 2 is 2.05 bits per heavy atom. The molecule has 0 fully saturated rings. The molecule has 5 heteroatoms. The Bertz CT molecular complexity index is 625. The molecule has 112 valence electrons. The van der Waals surface area contributed by atoms with Gasteiger partial charge in [0, 0.05) is 19.0 Å². The van der Waals surface area contributed by atoms with Gasteiger partial charge in [-0.1, -0.05) is 18.2 Å². The van der Waals surface area contributed by atoms with Crippen molar-refractivity contribution in [1.82, 2.24) is 15.2 Å². The van der Waals surface area contributed by atoms with Crippen LogP contribution in [0.2, 0.25) is 0 Å². The van der Waals surface area contributed by atoms with Crippen molar-refractivity contribution >= 4 is 22.6 Å². The fourth-order valence-electron chi connectivity index (χ4n) is 2.18. The predicted octanol–water partition coefficient (Wildman–Crippen LogP) is 1.96. The molecule has 1 aromatic carbocycles. The highest BCUT2D eigenvalue weighted by molar-refractivity contribution is 6.06. The maximum Gasteiger partial charge on any atom is 0.252 e. The van der Waals surface area contributed by atoms with Gasteiger partial charge in [-0.3, -0.25) is 4.79 Å². The number of fused-ring (bicyclic) bond motifs is 1. The van der Waals surface area contributed by atoms with Gasteiger partial charge >= 0.3 is 0 Å². The molecule has 5 nitrogen and oxygen atoms in total.